The number of fused-ring (bicyclic) bond motifs is 9. The van der Waals surface area contributed by atoms with Gasteiger partial charge in [0.1, 0.15) is 11.2 Å². The molecule has 9 aromatic rings. The van der Waals surface area contributed by atoms with Gasteiger partial charge in [-0.3, -0.25) is 9.97 Å². The third-order valence-corrected chi connectivity index (χ3v) is 8.37. The summed E-state index contributed by atoms with van der Waals surface area (Å²) in [7, 11) is 0. The first-order valence-corrected chi connectivity index (χ1v) is 12.9. The summed E-state index contributed by atoms with van der Waals surface area (Å²) >= 11 is 0. The van der Waals surface area contributed by atoms with E-state index in [2.05, 4.69) is 94.9 Å². The third kappa shape index (κ3) is 2.31. The summed E-state index contributed by atoms with van der Waals surface area (Å²) in [5.41, 5.74) is 10.3. The highest BCUT2D eigenvalue weighted by Crippen LogP contribution is 2.46. The van der Waals surface area contributed by atoms with Crippen LogP contribution in [0.5, 0.6) is 0 Å². The maximum atomic E-state index is 6.87. The van der Waals surface area contributed by atoms with Gasteiger partial charge in [-0.05, 0) is 71.1 Å². The van der Waals surface area contributed by atoms with E-state index in [1.54, 1.807) is 0 Å². The van der Waals surface area contributed by atoms with Crippen LogP contribution >= 0.6 is 0 Å². The number of aromatic nitrogens is 3. The second kappa shape index (κ2) is 6.87. The van der Waals surface area contributed by atoms with Crippen LogP contribution in [0.3, 0.4) is 0 Å². The molecule has 4 nitrogen and oxygen atoms in total. The zero-order chi connectivity index (χ0) is 25.1. The number of nitrogens with zero attached hydrogens (tertiary/aromatic N) is 3. The summed E-state index contributed by atoms with van der Waals surface area (Å²) in [6.07, 6.45) is 7.64. The molecule has 0 radical (unpaired) electrons. The lowest BCUT2D eigenvalue weighted by Crippen LogP contribution is -1.91. The van der Waals surface area contributed by atoms with Gasteiger partial charge >= 0.3 is 0 Å². The van der Waals surface area contributed by atoms with Gasteiger partial charge in [-0.2, -0.15) is 0 Å². The van der Waals surface area contributed by atoms with Crippen molar-refractivity contribution in [2.75, 3.05) is 0 Å². The van der Waals surface area contributed by atoms with Gasteiger partial charge in [-0.1, -0.05) is 42.5 Å². The molecule has 0 spiro atoms. The predicted octanol–water partition coefficient (Wildman–Crippen LogP) is 8.96. The van der Waals surface area contributed by atoms with Crippen LogP contribution in [0.25, 0.3) is 81.9 Å². The molecule has 178 valence electrons. The van der Waals surface area contributed by atoms with Gasteiger partial charge in [0, 0.05) is 39.3 Å². The molecular formula is C34H21N3O. The van der Waals surface area contributed by atoms with E-state index in [4.69, 9.17) is 4.42 Å². The van der Waals surface area contributed by atoms with Crippen LogP contribution in [-0.2, 0) is 0 Å². The first-order chi connectivity index (χ1) is 18.7. The fourth-order valence-corrected chi connectivity index (χ4v) is 6.84. The van der Waals surface area contributed by atoms with Gasteiger partial charge in [0.05, 0.1) is 34.3 Å². The maximum Gasteiger partial charge on any atom is 0.145 e. The fraction of sp³-hybridized carbons (Fsp3) is 0.0588. The molecule has 5 aromatic heterocycles. The lowest BCUT2D eigenvalue weighted by Gasteiger charge is -2.16. The van der Waals surface area contributed by atoms with E-state index in [1.807, 2.05) is 24.8 Å². The van der Waals surface area contributed by atoms with Gasteiger partial charge in [0.2, 0.25) is 0 Å². The third-order valence-electron chi connectivity index (χ3n) is 8.37. The molecule has 9 rings (SSSR count). The molecule has 5 heterocycles. The normalized spacial score (nSPS) is 12.5. The van der Waals surface area contributed by atoms with Crippen LogP contribution in [0.15, 0.2) is 95.9 Å². The Balaban J connectivity index is 1.55. The molecule has 38 heavy (non-hydrogen) atoms. The predicted molar refractivity (Wildman–Crippen MR) is 156 cm³/mol. The van der Waals surface area contributed by atoms with Crippen molar-refractivity contribution in [2.45, 2.75) is 13.8 Å². The molecular weight excluding hydrogens is 466 g/mol. The van der Waals surface area contributed by atoms with E-state index >= 15 is 0 Å². The molecule has 0 N–H and O–H groups in total. The average Bonchev–Trinajstić information content (AvgIpc) is 3.46. The monoisotopic (exact) mass is 487 g/mol. The van der Waals surface area contributed by atoms with Crippen LogP contribution in [0, 0.1) is 13.8 Å². The summed E-state index contributed by atoms with van der Waals surface area (Å²) in [5, 5.41) is 9.41. The molecule has 4 heteroatoms. The van der Waals surface area contributed by atoms with E-state index in [-0.39, 0.29) is 0 Å². The minimum atomic E-state index is 0.903. The molecule has 0 fully saturated rings. The van der Waals surface area contributed by atoms with Crippen molar-refractivity contribution in [1.82, 2.24) is 14.4 Å². The van der Waals surface area contributed by atoms with Gasteiger partial charge < -0.3 is 8.82 Å². The average molecular weight is 488 g/mol. The highest BCUT2D eigenvalue weighted by molar-refractivity contribution is 6.34. The summed E-state index contributed by atoms with van der Waals surface area (Å²) < 4.78 is 9.16. The van der Waals surface area contributed by atoms with E-state index in [0.29, 0.717) is 0 Å². The van der Waals surface area contributed by atoms with E-state index < -0.39 is 0 Å². The Morgan fingerprint density at radius 1 is 0.632 bits per heavy atom. The number of hydrogen-bond donors (Lipinski definition) is 0. The highest BCUT2D eigenvalue weighted by atomic mass is 16.3. The molecule has 0 unspecified atom stereocenters. The number of rotatable bonds is 1. The highest BCUT2D eigenvalue weighted by Gasteiger charge is 2.23. The van der Waals surface area contributed by atoms with Gasteiger partial charge in [-0.25, -0.2) is 0 Å². The molecule has 0 amide bonds. The minimum absolute atomic E-state index is 0.903. The topological polar surface area (TPSA) is 43.3 Å². The second-order valence-corrected chi connectivity index (χ2v) is 10.4. The standard InChI is InChI=1S/C34H21N3O/c1-18-5-3-6-19(2)30(18)22-9-10-23-26-15-25-20-11-13-35-16-27(20)37-28-17-36-14-12-24(28)32(33(25)37)34(26)38-29-8-4-7-21(22)31(23)29/h3-17H,1-2H3. The molecule has 0 aliphatic heterocycles. The SMILES string of the molecule is Cc1cccc(C)c1-c1ccc2c3cc4c5ccncc5n5c6cnccc6c(c3oc3cccc1c32)c45. The van der Waals surface area contributed by atoms with Crippen molar-refractivity contribution in [1.29, 1.82) is 0 Å². The zero-order valence-electron chi connectivity index (χ0n) is 20.9. The Hall–Kier alpha value is -4.96. The Bertz CT molecular complexity index is 2410. The second-order valence-electron chi connectivity index (χ2n) is 10.4. The van der Waals surface area contributed by atoms with Crippen LogP contribution in [0.4, 0.5) is 0 Å². The molecule has 0 saturated carbocycles. The fourth-order valence-electron chi connectivity index (χ4n) is 6.84. The van der Waals surface area contributed by atoms with Crippen LogP contribution in [0.2, 0.25) is 0 Å². The Labute approximate surface area is 217 Å². The summed E-state index contributed by atoms with van der Waals surface area (Å²) in [4.78, 5) is 8.92. The number of benzene rings is 4. The minimum Gasteiger partial charge on any atom is -0.455 e. The Kier molecular flexibility index (Phi) is 3.64. The van der Waals surface area contributed by atoms with E-state index in [9.17, 15) is 0 Å². The van der Waals surface area contributed by atoms with Gasteiger partial charge in [0.15, 0.2) is 0 Å². The molecule has 0 aliphatic rings. The summed E-state index contributed by atoms with van der Waals surface area (Å²) in [5.74, 6) is 0. The van der Waals surface area contributed by atoms with Gasteiger partial charge in [-0.15, -0.1) is 0 Å². The maximum absolute atomic E-state index is 6.87. The summed E-state index contributed by atoms with van der Waals surface area (Å²) in [6, 6.07) is 24.1. The van der Waals surface area contributed by atoms with E-state index in [1.165, 1.54) is 49.2 Å². The largest absolute Gasteiger partial charge is 0.455 e. The Morgan fingerprint density at radius 2 is 1.37 bits per heavy atom. The molecule has 0 atom stereocenters. The molecule has 0 aliphatic carbocycles. The quantitative estimate of drug-likeness (QED) is 0.171. The molecule has 0 bridgehead atoms. The first-order valence-electron chi connectivity index (χ1n) is 12.9. The van der Waals surface area contributed by atoms with Crippen molar-refractivity contribution < 1.29 is 4.42 Å². The lowest BCUT2D eigenvalue weighted by atomic mass is 9.89. The number of pyridine rings is 2. The Morgan fingerprint density at radius 3 is 2.18 bits per heavy atom. The van der Waals surface area contributed by atoms with Crippen LogP contribution < -0.4 is 0 Å². The first kappa shape index (κ1) is 20.1. The number of hydrogen-bond acceptors (Lipinski definition) is 3. The van der Waals surface area contributed by atoms with Crippen molar-refractivity contribution in [2.24, 2.45) is 0 Å². The lowest BCUT2D eigenvalue weighted by molar-refractivity contribution is 0.666. The van der Waals surface area contributed by atoms with Crippen molar-refractivity contribution in [3.8, 4) is 11.1 Å². The van der Waals surface area contributed by atoms with Crippen molar-refractivity contribution >= 4 is 70.8 Å². The van der Waals surface area contributed by atoms with Crippen molar-refractivity contribution in [3.05, 3.63) is 103 Å². The molecule has 4 aromatic carbocycles. The zero-order valence-corrected chi connectivity index (χ0v) is 20.9. The van der Waals surface area contributed by atoms with Crippen LogP contribution in [-0.4, -0.2) is 14.4 Å². The van der Waals surface area contributed by atoms with Crippen LogP contribution in [0.1, 0.15) is 11.1 Å². The smallest absolute Gasteiger partial charge is 0.145 e. The number of aryl methyl sites for hydroxylation is 2. The molecule has 0 saturated heterocycles. The van der Waals surface area contributed by atoms with Crippen molar-refractivity contribution in [3.63, 3.8) is 0 Å². The van der Waals surface area contributed by atoms with Gasteiger partial charge in [0.25, 0.3) is 0 Å². The van der Waals surface area contributed by atoms with E-state index in [0.717, 1.165) is 43.9 Å². The summed E-state index contributed by atoms with van der Waals surface area (Å²) in [6.45, 7) is 4.39.